The topological polar surface area (TPSA) is 43.2 Å². The van der Waals surface area contributed by atoms with Gasteiger partial charge in [0.2, 0.25) is 0 Å². The lowest BCUT2D eigenvalue weighted by Crippen LogP contribution is -2.48. The van der Waals surface area contributed by atoms with E-state index in [0.29, 0.717) is 11.6 Å². The second kappa shape index (κ2) is 6.53. The van der Waals surface area contributed by atoms with Crippen LogP contribution in [0.5, 0.6) is 0 Å². The molecule has 0 spiro atoms. The number of nitrogens with zero attached hydrogens (tertiary/aromatic N) is 4. The van der Waals surface area contributed by atoms with Crippen LogP contribution in [0.3, 0.4) is 0 Å². The van der Waals surface area contributed by atoms with Crippen LogP contribution in [0.2, 0.25) is 0 Å². The predicted molar refractivity (Wildman–Crippen MR) is 106 cm³/mol. The van der Waals surface area contributed by atoms with Crippen LogP contribution >= 0.6 is 0 Å². The minimum atomic E-state index is 0.318. The monoisotopic (exact) mass is 352 g/mol. The van der Waals surface area contributed by atoms with Crippen molar-refractivity contribution in [2.24, 2.45) is 0 Å². The van der Waals surface area contributed by atoms with E-state index in [0.717, 1.165) is 32.0 Å². The van der Waals surface area contributed by atoms with E-state index in [1.807, 2.05) is 12.1 Å². The van der Waals surface area contributed by atoms with E-state index in [9.17, 15) is 5.26 Å². The van der Waals surface area contributed by atoms with Gasteiger partial charge in [0.15, 0.2) is 0 Å². The average molecular weight is 352 g/mol. The van der Waals surface area contributed by atoms with Gasteiger partial charge >= 0.3 is 0 Å². The number of anilines is 1. The summed E-state index contributed by atoms with van der Waals surface area (Å²) in [6.45, 7) is 3.67. The van der Waals surface area contributed by atoms with E-state index in [1.165, 1.54) is 22.3 Å². The molecule has 0 atom stereocenters. The second-order valence-corrected chi connectivity index (χ2v) is 7.09. The van der Waals surface area contributed by atoms with Gasteiger partial charge in [0.1, 0.15) is 11.9 Å². The standard InChI is InChI=1S/C23H20N4/c24-16-17-6-5-11-25-23(17)27-14-12-26(13-15-27)22-20-9-3-1-7-18(20)19-8-2-4-10-21(19)22/h1-11,22H,12-15H2. The largest absolute Gasteiger partial charge is 0.353 e. The maximum absolute atomic E-state index is 9.37. The molecule has 1 saturated heterocycles. The third kappa shape index (κ3) is 2.59. The summed E-state index contributed by atoms with van der Waals surface area (Å²) in [4.78, 5) is 9.26. The van der Waals surface area contributed by atoms with Gasteiger partial charge in [0.25, 0.3) is 0 Å². The summed E-state index contributed by atoms with van der Waals surface area (Å²) in [6.07, 6.45) is 1.77. The van der Waals surface area contributed by atoms with Crippen molar-refractivity contribution in [1.82, 2.24) is 9.88 Å². The first kappa shape index (κ1) is 16.0. The van der Waals surface area contributed by atoms with Crippen molar-refractivity contribution >= 4 is 5.82 Å². The van der Waals surface area contributed by atoms with Crippen LogP contribution in [0.15, 0.2) is 66.9 Å². The summed E-state index contributed by atoms with van der Waals surface area (Å²) in [5.74, 6) is 0.812. The first-order chi connectivity index (χ1) is 13.4. The fraction of sp³-hybridized carbons (Fsp3) is 0.217. The van der Waals surface area contributed by atoms with Crippen LogP contribution in [-0.4, -0.2) is 36.1 Å². The van der Waals surface area contributed by atoms with Crippen molar-refractivity contribution in [3.05, 3.63) is 83.6 Å². The molecule has 1 aliphatic heterocycles. The molecule has 0 saturated carbocycles. The van der Waals surface area contributed by atoms with Gasteiger partial charge in [0, 0.05) is 32.4 Å². The predicted octanol–water partition coefficient (Wildman–Crippen LogP) is 3.85. The Bertz CT molecular complexity index is 983. The lowest BCUT2D eigenvalue weighted by molar-refractivity contribution is 0.215. The number of benzene rings is 2. The SMILES string of the molecule is N#Cc1cccnc1N1CCN(C2c3ccccc3-c3ccccc32)CC1. The molecule has 3 aromatic rings. The number of nitriles is 1. The minimum Gasteiger partial charge on any atom is -0.353 e. The molecule has 4 heteroatoms. The quantitative estimate of drug-likeness (QED) is 0.703. The molecule has 132 valence electrons. The number of piperazine rings is 1. The van der Waals surface area contributed by atoms with Gasteiger partial charge in [-0.2, -0.15) is 5.26 Å². The summed E-state index contributed by atoms with van der Waals surface area (Å²) >= 11 is 0. The van der Waals surface area contributed by atoms with E-state index in [2.05, 4.69) is 69.4 Å². The van der Waals surface area contributed by atoms with Crippen LogP contribution in [0.1, 0.15) is 22.7 Å². The van der Waals surface area contributed by atoms with Gasteiger partial charge in [-0.15, -0.1) is 0 Å². The lowest BCUT2D eigenvalue weighted by atomic mass is 10.0. The van der Waals surface area contributed by atoms with E-state index in [-0.39, 0.29) is 0 Å². The Balaban J connectivity index is 1.43. The lowest BCUT2D eigenvalue weighted by Gasteiger charge is -2.39. The molecule has 1 aliphatic carbocycles. The third-order valence-corrected chi connectivity index (χ3v) is 5.69. The fourth-order valence-electron chi connectivity index (χ4n) is 4.45. The molecular weight excluding hydrogens is 332 g/mol. The number of rotatable bonds is 2. The first-order valence-electron chi connectivity index (χ1n) is 9.39. The van der Waals surface area contributed by atoms with Gasteiger partial charge < -0.3 is 4.90 Å². The fourth-order valence-corrected chi connectivity index (χ4v) is 4.45. The average Bonchev–Trinajstić information content (AvgIpc) is 3.08. The molecule has 2 aliphatic rings. The Morgan fingerprint density at radius 3 is 2.07 bits per heavy atom. The maximum atomic E-state index is 9.37. The Kier molecular flexibility index (Phi) is 3.88. The number of hydrogen-bond acceptors (Lipinski definition) is 4. The Morgan fingerprint density at radius 2 is 1.44 bits per heavy atom. The van der Waals surface area contributed by atoms with Gasteiger partial charge in [0.05, 0.1) is 11.6 Å². The molecule has 27 heavy (non-hydrogen) atoms. The summed E-state index contributed by atoms with van der Waals surface area (Å²) in [5, 5.41) is 9.37. The van der Waals surface area contributed by atoms with Gasteiger partial charge in [-0.25, -0.2) is 4.98 Å². The molecule has 1 aromatic heterocycles. The normalized spacial score (nSPS) is 16.6. The van der Waals surface area contributed by atoms with Crippen molar-refractivity contribution in [3.8, 4) is 17.2 Å². The molecule has 5 rings (SSSR count). The van der Waals surface area contributed by atoms with Gasteiger partial charge in [-0.1, -0.05) is 48.5 Å². The number of hydrogen-bond donors (Lipinski definition) is 0. The molecule has 0 amide bonds. The maximum Gasteiger partial charge on any atom is 0.146 e. The van der Waals surface area contributed by atoms with E-state index < -0.39 is 0 Å². The van der Waals surface area contributed by atoms with Crippen molar-refractivity contribution in [2.45, 2.75) is 6.04 Å². The van der Waals surface area contributed by atoms with Crippen LogP contribution in [0.4, 0.5) is 5.82 Å². The zero-order chi connectivity index (χ0) is 18.2. The highest BCUT2D eigenvalue weighted by Gasteiger charge is 2.34. The molecule has 0 bridgehead atoms. The molecule has 2 heterocycles. The number of fused-ring (bicyclic) bond motifs is 3. The summed E-state index contributed by atoms with van der Waals surface area (Å²) in [7, 11) is 0. The van der Waals surface area contributed by atoms with Gasteiger partial charge in [-0.05, 0) is 34.4 Å². The minimum absolute atomic E-state index is 0.318. The zero-order valence-corrected chi connectivity index (χ0v) is 15.0. The van der Waals surface area contributed by atoms with Crippen LogP contribution < -0.4 is 4.90 Å². The molecule has 1 fully saturated rings. The molecular formula is C23H20N4. The highest BCUT2D eigenvalue weighted by Crippen LogP contribution is 2.46. The molecule has 0 N–H and O–H groups in total. The summed E-state index contributed by atoms with van der Waals surface area (Å²) in [5.41, 5.74) is 6.18. The van der Waals surface area contributed by atoms with Crippen LogP contribution in [-0.2, 0) is 0 Å². The molecule has 0 unspecified atom stereocenters. The van der Waals surface area contributed by atoms with Crippen molar-refractivity contribution < 1.29 is 0 Å². The Hall–Kier alpha value is -3.16. The number of aromatic nitrogens is 1. The van der Waals surface area contributed by atoms with Crippen molar-refractivity contribution in [2.75, 3.05) is 31.1 Å². The summed E-state index contributed by atoms with van der Waals surface area (Å²) < 4.78 is 0. The third-order valence-electron chi connectivity index (χ3n) is 5.69. The Morgan fingerprint density at radius 1 is 0.815 bits per heavy atom. The van der Waals surface area contributed by atoms with Gasteiger partial charge in [-0.3, -0.25) is 4.90 Å². The molecule has 2 aromatic carbocycles. The van der Waals surface area contributed by atoms with Crippen LogP contribution in [0.25, 0.3) is 11.1 Å². The van der Waals surface area contributed by atoms with E-state index in [4.69, 9.17) is 0 Å². The van der Waals surface area contributed by atoms with E-state index in [1.54, 1.807) is 6.20 Å². The smallest absolute Gasteiger partial charge is 0.146 e. The molecule has 4 nitrogen and oxygen atoms in total. The zero-order valence-electron chi connectivity index (χ0n) is 15.0. The highest BCUT2D eigenvalue weighted by atomic mass is 15.3. The van der Waals surface area contributed by atoms with Crippen molar-refractivity contribution in [3.63, 3.8) is 0 Å². The molecule has 0 radical (unpaired) electrons. The summed E-state index contributed by atoms with van der Waals surface area (Å²) in [6, 6.07) is 23.8. The first-order valence-corrected chi connectivity index (χ1v) is 9.39. The second-order valence-electron chi connectivity index (χ2n) is 7.09. The van der Waals surface area contributed by atoms with E-state index >= 15 is 0 Å². The Labute approximate surface area is 159 Å². The highest BCUT2D eigenvalue weighted by molar-refractivity contribution is 5.78. The van der Waals surface area contributed by atoms with Crippen molar-refractivity contribution in [1.29, 1.82) is 5.26 Å². The number of pyridine rings is 1. The van der Waals surface area contributed by atoms with Crippen LogP contribution in [0, 0.1) is 11.3 Å².